The van der Waals surface area contributed by atoms with E-state index in [1.165, 1.54) is 6.21 Å². The fourth-order valence-corrected chi connectivity index (χ4v) is 1.97. The average molecular weight is 353 g/mol. The van der Waals surface area contributed by atoms with E-state index in [2.05, 4.69) is 10.5 Å². The number of carbonyl (C=O) groups excluding carboxylic acids is 1. The highest BCUT2D eigenvalue weighted by atomic mass is 16.6. The van der Waals surface area contributed by atoms with Crippen LogP contribution in [0.25, 0.3) is 0 Å². The van der Waals surface area contributed by atoms with E-state index in [9.17, 15) is 4.79 Å². The Kier molecular flexibility index (Phi) is 8.53. The molecule has 9 nitrogen and oxygen atoms in total. The van der Waals surface area contributed by atoms with Gasteiger partial charge in [0, 0.05) is 0 Å². The molecule has 2 amide bonds. The van der Waals surface area contributed by atoms with Gasteiger partial charge in [0.05, 0.1) is 45.9 Å². The summed E-state index contributed by atoms with van der Waals surface area (Å²) in [5.41, 5.74) is 7.82. The summed E-state index contributed by atoms with van der Waals surface area (Å²) in [4.78, 5) is 10.6. The molecule has 0 spiro atoms. The van der Waals surface area contributed by atoms with Crippen LogP contribution in [-0.4, -0.2) is 65.1 Å². The zero-order valence-corrected chi connectivity index (χ0v) is 13.9. The van der Waals surface area contributed by atoms with Gasteiger partial charge in [-0.3, -0.25) is 0 Å². The third-order valence-electron chi connectivity index (χ3n) is 3.07. The number of urea groups is 1. The molecule has 0 radical (unpaired) electrons. The highest BCUT2D eigenvalue weighted by molar-refractivity contribution is 5.82. The molecule has 3 N–H and O–H groups in total. The molecule has 0 unspecified atom stereocenters. The molecule has 1 aliphatic heterocycles. The maximum Gasteiger partial charge on any atom is 0.332 e. The fraction of sp³-hybridized carbons (Fsp3) is 0.500. The molecule has 0 saturated carbocycles. The van der Waals surface area contributed by atoms with Gasteiger partial charge in [-0.05, 0) is 23.8 Å². The minimum Gasteiger partial charge on any atom is -0.487 e. The molecule has 1 heterocycles. The second-order valence-electron chi connectivity index (χ2n) is 4.97. The zero-order chi connectivity index (χ0) is 17.7. The van der Waals surface area contributed by atoms with Crippen LogP contribution in [0.4, 0.5) is 4.79 Å². The van der Waals surface area contributed by atoms with Crippen molar-refractivity contribution in [3.8, 4) is 11.5 Å². The molecule has 0 bridgehead atoms. The molecule has 2 rings (SSSR count). The van der Waals surface area contributed by atoms with Crippen LogP contribution in [-0.2, 0) is 14.2 Å². The standard InChI is InChI=1S/C16H23N3O6/c17-16(20)19-18-12-13-1-2-14-15(11-13)25-10-8-23-6-4-21-3-5-22-7-9-24-14/h1-2,11-12H,3-10H2,(H3,17,19,20)/b18-12+. The van der Waals surface area contributed by atoms with Crippen molar-refractivity contribution in [1.29, 1.82) is 0 Å². The van der Waals surface area contributed by atoms with Crippen molar-refractivity contribution in [2.24, 2.45) is 10.8 Å². The van der Waals surface area contributed by atoms with Crippen LogP contribution in [0.2, 0.25) is 0 Å². The van der Waals surface area contributed by atoms with Crippen LogP contribution < -0.4 is 20.6 Å². The lowest BCUT2D eigenvalue weighted by molar-refractivity contribution is 0.00708. The highest BCUT2D eigenvalue weighted by Gasteiger charge is 2.07. The van der Waals surface area contributed by atoms with Gasteiger partial charge in [-0.25, -0.2) is 10.2 Å². The molecule has 0 aliphatic carbocycles. The zero-order valence-electron chi connectivity index (χ0n) is 13.9. The van der Waals surface area contributed by atoms with Gasteiger partial charge in [0.25, 0.3) is 0 Å². The Morgan fingerprint density at radius 3 is 2.08 bits per heavy atom. The monoisotopic (exact) mass is 353 g/mol. The van der Waals surface area contributed by atoms with Gasteiger partial charge >= 0.3 is 6.03 Å². The van der Waals surface area contributed by atoms with Gasteiger partial charge in [-0.15, -0.1) is 0 Å². The SMILES string of the molecule is NC(=O)N/N=C/c1ccc2c(c1)OCCOCCOCCOCCO2. The lowest BCUT2D eigenvalue weighted by atomic mass is 10.2. The maximum absolute atomic E-state index is 10.6. The highest BCUT2D eigenvalue weighted by Crippen LogP contribution is 2.28. The molecule has 138 valence electrons. The lowest BCUT2D eigenvalue weighted by Gasteiger charge is -2.13. The first kappa shape index (κ1) is 19.0. The summed E-state index contributed by atoms with van der Waals surface area (Å²) in [5, 5.41) is 3.72. The number of hydrazone groups is 1. The summed E-state index contributed by atoms with van der Waals surface area (Å²) in [6.07, 6.45) is 1.46. The minimum atomic E-state index is -0.730. The molecular weight excluding hydrogens is 330 g/mol. The first-order valence-corrected chi connectivity index (χ1v) is 7.97. The van der Waals surface area contributed by atoms with Gasteiger partial charge in [-0.2, -0.15) is 5.10 Å². The number of nitrogens with two attached hydrogens (primary N) is 1. The number of hydrogen-bond donors (Lipinski definition) is 2. The maximum atomic E-state index is 10.6. The Bertz CT molecular complexity index is 567. The first-order valence-electron chi connectivity index (χ1n) is 7.97. The number of fused-ring (bicyclic) bond motifs is 1. The molecule has 0 aromatic heterocycles. The van der Waals surface area contributed by atoms with Crippen molar-refractivity contribution in [3.05, 3.63) is 23.8 Å². The molecule has 1 aromatic carbocycles. The van der Waals surface area contributed by atoms with Crippen molar-refractivity contribution < 1.29 is 28.5 Å². The van der Waals surface area contributed by atoms with Crippen molar-refractivity contribution in [1.82, 2.24) is 5.43 Å². The molecule has 1 aliphatic rings. The second kappa shape index (κ2) is 11.2. The van der Waals surface area contributed by atoms with Gasteiger partial charge in [0.1, 0.15) is 13.2 Å². The van der Waals surface area contributed by atoms with Crippen molar-refractivity contribution in [2.45, 2.75) is 0 Å². The fourth-order valence-electron chi connectivity index (χ4n) is 1.97. The summed E-state index contributed by atoms with van der Waals surface area (Å²) in [7, 11) is 0. The smallest absolute Gasteiger partial charge is 0.332 e. The summed E-state index contributed by atoms with van der Waals surface area (Å²) in [5.74, 6) is 1.15. The van der Waals surface area contributed by atoms with Crippen LogP contribution in [0.5, 0.6) is 11.5 Å². The molecular formula is C16H23N3O6. The van der Waals surface area contributed by atoms with Crippen molar-refractivity contribution >= 4 is 12.2 Å². The van der Waals surface area contributed by atoms with E-state index in [4.69, 9.17) is 29.4 Å². The number of ether oxygens (including phenoxy) is 5. The number of nitrogens with one attached hydrogen (secondary N) is 1. The first-order chi connectivity index (χ1) is 12.3. The van der Waals surface area contributed by atoms with E-state index in [1.54, 1.807) is 18.2 Å². The largest absolute Gasteiger partial charge is 0.487 e. The Labute approximate surface area is 146 Å². The Balaban J connectivity index is 2.01. The van der Waals surface area contributed by atoms with Crippen molar-refractivity contribution in [3.63, 3.8) is 0 Å². The van der Waals surface area contributed by atoms with Gasteiger partial charge < -0.3 is 29.4 Å². The molecule has 0 fully saturated rings. The Hall–Kier alpha value is -2.36. The molecule has 25 heavy (non-hydrogen) atoms. The van der Waals surface area contributed by atoms with Crippen LogP contribution in [0.15, 0.2) is 23.3 Å². The quantitative estimate of drug-likeness (QED) is 0.591. The van der Waals surface area contributed by atoms with E-state index in [-0.39, 0.29) is 0 Å². The third kappa shape index (κ3) is 7.84. The van der Waals surface area contributed by atoms with E-state index >= 15 is 0 Å². The summed E-state index contributed by atoms with van der Waals surface area (Å²) < 4.78 is 27.6. The summed E-state index contributed by atoms with van der Waals surface area (Å²) >= 11 is 0. The van der Waals surface area contributed by atoms with Gasteiger partial charge in [-0.1, -0.05) is 0 Å². The number of primary amides is 1. The van der Waals surface area contributed by atoms with Gasteiger partial charge in [0.15, 0.2) is 11.5 Å². The predicted octanol–water partition coefficient (Wildman–Crippen LogP) is 0.510. The van der Waals surface area contributed by atoms with E-state index < -0.39 is 6.03 Å². The Morgan fingerprint density at radius 1 is 0.920 bits per heavy atom. The average Bonchev–Trinajstić information content (AvgIpc) is 2.60. The van der Waals surface area contributed by atoms with E-state index in [0.717, 1.165) is 5.56 Å². The van der Waals surface area contributed by atoms with Crippen LogP contribution >= 0.6 is 0 Å². The molecule has 9 heteroatoms. The molecule has 1 aromatic rings. The van der Waals surface area contributed by atoms with Crippen LogP contribution in [0, 0.1) is 0 Å². The lowest BCUT2D eigenvalue weighted by Crippen LogP contribution is -2.24. The van der Waals surface area contributed by atoms with Crippen LogP contribution in [0.3, 0.4) is 0 Å². The van der Waals surface area contributed by atoms with E-state index in [0.29, 0.717) is 64.4 Å². The topological polar surface area (TPSA) is 114 Å². The Morgan fingerprint density at radius 2 is 1.48 bits per heavy atom. The number of rotatable bonds is 2. The summed E-state index contributed by atoms with van der Waals surface area (Å²) in [6.45, 7) is 3.69. The number of benzene rings is 1. The second-order valence-corrected chi connectivity index (χ2v) is 4.97. The normalized spacial score (nSPS) is 17.4. The number of nitrogens with zero attached hydrogens (tertiary/aromatic N) is 1. The van der Waals surface area contributed by atoms with E-state index in [1.807, 2.05) is 0 Å². The van der Waals surface area contributed by atoms with Crippen LogP contribution in [0.1, 0.15) is 5.56 Å². The predicted molar refractivity (Wildman–Crippen MR) is 90.2 cm³/mol. The molecule has 0 atom stereocenters. The van der Waals surface area contributed by atoms with Gasteiger partial charge in [0.2, 0.25) is 0 Å². The van der Waals surface area contributed by atoms with Crippen molar-refractivity contribution in [2.75, 3.05) is 52.9 Å². The molecule has 0 saturated heterocycles. The summed E-state index contributed by atoms with van der Waals surface area (Å²) in [6, 6.07) is 4.58. The minimum absolute atomic E-state index is 0.368. The number of carbonyl (C=O) groups is 1. The number of amides is 2. The third-order valence-corrected chi connectivity index (χ3v) is 3.07. The number of hydrogen-bond acceptors (Lipinski definition) is 7.